The molecule has 0 saturated carbocycles. The maximum Gasteiger partial charge on any atom is 0.274 e. The normalized spacial score (nSPS) is 10.2. The molecule has 6 N–H and O–H groups in total. The number of amides is 4. The fourth-order valence-electron chi connectivity index (χ4n) is 2.91. The highest BCUT2D eigenvalue weighted by molar-refractivity contribution is 5.96. The van der Waals surface area contributed by atoms with Crippen LogP contribution >= 0.6 is 0 Å². The van der Waals surface area contributed by atoms with Crippen molar-refractivity contribution in [3.8, 4) is 0 Å². The van der Waals surface area contributed by atoms with E-state index in [0.717, 1.165) is 12.8 Å². The van der Waals surface area contributed by atoms with Crippen molar-refractivity contribution in [2.75, 3.05) is 10.6 Å². The van der Waals surface area contributed by atoms with Crippen molar-refractivity contribution in [2.24, 2.45) is 0 Å². The molecule has 0 saturated heterocycles. The van der Waals surface area contributed by atoms with Crippen molar-refractivity contribution in [3.63, 3.8) is 0 Å². The van der Waals surface area contributed by atoms with Crippen molar-refractivity contribution in [1.82, 2.24) is 11.0 Å². The van der Waals surface area contributed by atoms with E-state index in [1.54, 1.807) is 35.2 Å². The lowest BCUT2D eigenvalue weighted by Crippen LogP contribution is -2.18. The highest BCUT2D eigenvalue weighted by atomic mass is 16.5. The minimum atomic E-state index is -0.624. The average Bonchev–Trinajstić information content (AvgIpc) is 2.81. The van der Waals surface area contributed by atoms with Gasteiger partial charge < -0.3 is 10.6 Å². The Hall–Kier alpha value is -3.76. The number of nitrogens with one attached hydrogen (secondary N) is 4. The van der Waals surface area contributed by atoms with Gasteiger partial charge in [-0.15, -0.1) is 0 Å². The molecule has 10 nitrogen and oxygen atoms in total. The van der Waals surface area contributed by atoms with E-state index in [1.807, 2.05) is 0 Å². The maximum atomic E-state index is 12.0. The first-order chi connectivity index (χ1) is 15.4. The van der Waals surface area contributed by atoms with E-state index < -0.39 is 11.8 Å². The van der Waals surface area contributed by atoms with Gasteiger partial charge in [-0.25, -0.2) is 11.0 Å². The summed E-state index contributed by atoms with van der Waals surface area (Å²) in [5, 5.41) is 22.6. The van der Waals surface area contributed by atoms with Crippen LogP contribution in [-0.4, -0.2) is 34.0 Å². The van der Waals surface area contributed by atoms with Gasteiger partial charge in [0.1, 0.15) is 0 Å². The molecule has 2 aromatic carbocycles. The summed E-state index contributed by atoms with van der Waals surface area (Å²) in [6, 6.07) is 12.3. The van der Waals surface area contributed by atoms with E-state index in [-0.39, 0.29) is 22.9 Å². The third-order valence-electron chi connectivity index (χ3n) is 4.62. The first-order valence-corrected chi connectivity index (χ1v) is 10.1. The molecule has 0 spiro atoms. The van der Waals surface area contributed by atoms with Crippen molar-refractivity contribution in [3.05, 3.63) is 59.7 Å². The van der Waals surface area contributed by atoms with Crippen LogP contribution in [0.3, 0.4) is 0 Å². The van der Waals surface area contributed by atoms with Gasteiger partial charge in [0.15, 0.2) is 0 Å². The van der Waals surface area contributed by atoms with Crippen molar-refractivity contribution < 1.29 is 29.6 Å². The van der Waals surface area contributed by atoms with Gasteiger partial charge in [-0.3, -0.25) is 29.6 Å². The van der Waals surface area contributed by atoms with Crippen molar-refractivity contribution >= 4 is 35.0 Å². The Labute approximate surface area is 184 Å². The summed E-state index contributed by atoms with van der Waals surface area (Å²) >= 11 is 0. The third-order valence-corrected chi connectivity index (χ3v) is 4.62. The van der Waals surface area contributed by atoms with Gasteiger partial charge in [-0.1, -0.05) is 12.8 Å². The van der Waals surface area contributed by atoms with Gasteiger partial charge in [-0.2, -0.15) is 0 Å². The van der Waals surface area contributed by atoms with Gasteiger partial charge in [-0.05, 0) is 61.4 Å². The molecule has 32 heavy (non-hydrogen) atoms. The molecular formula is C22H26N4O6. The van der Waals surface area contributed by atoms with E-state index in [0.29, 0.717) is 37.1 Å². The minimum Gasteiger partial charge on any atom is -0.326 e. The Morgan fingerprint density at radius 2 is 0.906 bits per heavy atom. The van der Waals surface area contributed by atoms with Crippen LogP contribution < -0.4 is 21.6 Å². The number of carbonyl (C=O) groups excluding carboxylic acids is 4. The summed E-state index contributed by atoms with van der Waals surface area (Å²) in [6.07, 6.45) is 3.68. The smallest absolute Gasteiger partial charge is 0.274 e. The molecule has 10 heteroatoms. The molecule has 0 fully saturated rings. The van der Waals surface area contributed by atoms with E-state index in [1.165, 1.54) is 24.3 Å². The summed E-state index contributed by atoms with van der Waals surface area (Å²) in [5.41, 5.74) is 4.76. The molecule has 4 amide bonds. The summed E-state index contributed by atoms with van der Waals surface area (Å²) in [4.78, 5) is 46.5. The number of hydrogen-bond donors (Lipinski definition) is 6. The lowest BCUT2D eigenvalue weighted by Gasteiger charge is -2.07. The van der Waals surface area contributed by atoms with Crippen LogP contribution in [0.1, 0.15) is 59.2 Å². The molecule has 0 radical (unpaired) electrons. The Kier molecular flexibility index (Phi) is 9.82. The lowest BCUT2D eigenvalue weighted by atomic mass is 10.1. The second kappa shape index (κ2) is 12.8. The SMILES string of the molecule is O=C(CCCCCCC(=O)Nc1ccc(C(=O)NO)cc1)Nc1ccc(C(=O)NO)cc1. The number of carbonyl (C=O) groups is 4. The largest absolute Gasteiger partial charge is 0.326 e. The first kappa shape index (κ1) is 24.5. The molecule has 0 heterocycles. The minimum absolute atomic E-state index is 0.138. The van der Waals surface area contributed by atoms with E-state index in [9.17, 15) is 19.2 Å². The number of hydroxylamine groups is 2. The van der Waals surface area contributed by atoms with Crippen LogP contribution in [-0.2, 0) is 9.59 Å². The highest BCUT2D eigenvalue weighted by Gasteiger charge is 2.07. The first-order valence-electron chi connectivity index (χ1n) is 10.1. The average molecular weight is 442 g/mol. The topological polar surface area (TPSA) is 157 Å². The third kappa shape index (κ3) is 8.17. The van der Waals surface area contributed by atoms with Crippen LogP contribution in [0.25, 0.3) is 0 Å². The Bertz CT molecular complexity index is 851. The zero-order valence-electron chi connectivity index (χ0n) is 17.4. The zero-order valence-corrected chi connectivity index (χ0v) is 17.4. The summed E-state index contributed by atoms with van der Waals surface area (Å²) < 4.78 is 0. The van der Waals surface area contributed by atoms with E-state index in [2.05, 4.69) is 10.6 Å². The van der Waals surface area contributed by atoms with Crippen LogP contribution in [0.5, 0.6) is 0 Å². The Morgan fingerprint density at radius 3 is 1.22 bits per heavy atom. The maximum absolute atomic E-state index is 12.0. The number of rotatable bonds is 11. The second-order valence-corrected chi connectivity index (χ2v) is 7.05. The molecule has 0 aliphatic carbocycles. The van der Waals surface area contributed by atoms with Gasteiger partial charge in [0.25, 0.3) is 11.8 Å². The zero-order chi connectivity index (χ0) is 23.3. The molecule has 2 aromatic rings. The summed E-state index contributed by atoms with van der Waals surface area (Å²) in [6.45, 7) is 0. The van der Waals surface area contributed by atoms with Crippen LogP contribution in [0.2, 0.25) is 0 Å². The van der Waals surface area contributed by atoms with Crippen molar-refractivity contribution in [2.45, 2.75) is 38.5 Å². The molecule has 170 valence electrons. The van der Waals surface area contributed by atoms with Gasteiger partial charge in [0.05, 0.1) is 0 Å². The number of hydrogen-bond acceptors (Lipinski definition) is 6. The van der Waals surface area contributed by atoms with E-state index >= 15 is 0 Å². The summed E-state index contributed by atoms with van der Waals surface area (Å²) in [7, 11) is 0. The molecule has 0 aliphatic rings. The van der Waals surface area contributed by atoms with Crippen molar-refractivity contribution in [1.29, 1.82) is 0 Å². The van der Waals surface area contributed by atoms with Gasteiger partial charge >= 0.3 is 0 Å². The monoisotopic (exact) mass is 442 g/mol. The summed E-state index contributed by atoms with van der Waals surface area (Å²) in [5.74, 6) is -1.52. The molecule has 0 bridgehead atoms. The number of unbranched alkanes of at least 4 members (excludes halogenated alkanes) is 3. The lowest BCUT2D eigenvalue weighted by molar-refractivity contribution is -0.117. The Morgan fingerprint density at radius 1 is 0.562 bits per heavy atom. The van der Waals surface area contributed by atoms with Gasteiger partial charge in [0.2, 0.25) is 11.8 Å². The van der Waals surface area contributed by atoms with Gasteiger partial charge in [0, 0.05) is 35.3 Å². The predicted molar refractivity (Wildman–Crippen MR) is 116 cm³/mol. The molecule has 0 atom stereocenters. The molecule has 2 rings (SSSR count). The number of anilines is 2. The van der Waals surface area contributed by atoms with Crippen LogP contribution in [0.4, 0.5) is 11.4 Å². The quantitative estimate of drug-likeness (QED) is 0.178. The molecule has 0 aromatic heterocycles. The fraction of sp³-hybridized carbons (Fsp3) is 0.273. The molecular weight excluding hydrogens is 416 g/mol. The van der Waals surface area contributed by atoms with Crippen LogP contribution in [0, 0.1) is 0 Å². The fourth-order valence-corrected chi connectivity index (χ4v) is 2.91. The predicted octanol–water partition coefficient (Wildman–Crippen LogP) is 2.84. The number of benzene rings is 2. The standard InChI is InChI=1S/C22H26N4O6/c27-19(23-17-11-7-15(8-12-17)21(29)25-31)5-3-1-2-4-6-20(28)24-18-13-9-16(10-14-18)22(30)26-32/h7-14,31-32H,1-6H2,(H,23,27)(H,24,28)(H,25,29)(H,26,30). The highest BCUT2D eigenvalue weighted by Crippen LogP contribution is 2.13. The second-order valence-electron chi connectivity index (χ2n) is 7.05. The Balaban J connectivity index is 1.58. The van der Waals surface area contributed by atoms with Crippen LogP contribution in [0.15, 0.2) is 48.5 Å². The molecule has 0 aliphatic heterocycles. The van der Waals surface area contributed by atoms with E-state index in [4.69, 9.17) is 10.4 Å². The molecule has 0 unspecified atom stereocenters.